The van der Waals surface area contributed by atoms with Gasteiger partial charge in [-0.05, 0) is 24.3 Å². The van der Waals surface area contributed by atoms with Crippen LogP contribution >= 0.6 is 34.5 Å². The van der Waals surface area contributed by atoms with Gasteiger partial charge in [-0.2, -0.15) is 0 Å². The van der Waals surface area contributed by atoms with Crippen molar-refractivity contribution in [2.75, 3.05) is 11.9 Å². The molecule has 2 aromatic carbocycles. The number of non-ortho nitro benzene ring substituents is 1. The van der Waals surface area contributed by atoms with E-state index in [1.807, 2.05) is 0 Å². The molecular formula is C15H9Cl2N3O4S. The minimum atomic E-state index is -0.485. The molecule has 10 heteroatoms. The van der Waals surface area contributed by atoms with E-state index in [2.05, 4.69) is 10.3 Å². The first-order valence-corrected chi connectivity index (χ1v) is 8.42. The number of nitro groups is 1. The Hall–Kier alpha value is -2.42. The first kappa shape index (κ1) is 17.4. The van der Waals surface area contributed by atoms with Crippen molar-refractivity contribution in [2.45, 2.75) is 0 Å². The zero-order chi connectivity index (χ0) is 18.0. The summed E-state index contributed by atoms with van der Waals surface area (Å²) in [5, 5.41) is 14.5. The number of fused-ring (bicyclic) bond motifs is 1. The van der Waals surface area contributed by atoms with Crippen LogP contribution < -0.4 is 10.1 Å². The average Bonchev–Trinajstić information content (AvgIpc) is 2.95. The maximum absolute atomic E-state index is 12.0. The Morgan fingerprint density at radius 1 is 1.28 bits per heavy atom. The fourth-order valence-corrected chi connectivity index (χ4v) is 3.35. The van der Waals surface area contributed by atoms with Gasteiger partial charge in [-0.3, -0.25) is 20.2 Å². The predicted octanol–water partition coefficient (Wildman–Crippen LogP) is 4.53. The van der Waals surface area contributed by atoms with Crippen LogP contribution in [0.15, 0.2) is 36.4 Å². The summed E-state index contributed by atoms with van der Waals surface area (Å²) in [5.74, 6) is -0.0966. The van der Waals surface area contributed by atoms with Gasteiger partial charge in [0.25, 0.3) is 11.6 Å². The van der Waals surface area contributed by atoms with Gasteiger partial charge in [-0.25, -0.2) is 4.98 Å². The molecule has 0 aliphatic rings. The lowest BCUT2D eigenvalue weighted by Crippen LogP contribution is -2.20. The number of hydrogen-bond acceptors (Lipinski definition) is 6. The molecule has 0 bridgehead atoms. The summed E-state index contributed by atoms with van der Waals surface area (Å²) in [5.41, 5.74) is 0.530. The first-order chi connectivity index (χ1) is 11.9. The van der Waals surface area contributed by atoms with Crippen LogP contribution in [-0.2, 0) is 4.79 Å². The molecule has 0 spiro atoms. The number of anilines is 1. The molecule has 7 nitrogen and oxygen atoms in total. The van der Waals surface area contributed by atoms with E-state index in [0.29, 0.717) is 31.1 Å². The lowest BCUT2D eigenvalue weighted by molar-refractivity contribution is -0.384. The second-order valence-electron chi connectivity index (χ2n) is 4.84. The van der Waals surface area contributed by atoms with Gasteiger partial charge in [-0.15, -0.1) is 0 Å². The molecule has 1 heterocycles. The molecule has 0 saturated heterocycles. The summed E-state index contributed by atoms with van der Waals surface area (Å²) in [6, 6.07) is 8.97. The van der Waals surface area contributed by atoms with Crippen molar-refractivity contribution in [3.8, 4) is 5.75 Å². The normalized spacial score (nSPS) is 10.6. The monoisotopic (exact) mass is 397 g/mol. The Morgan fingerprint density at radius 3 is 2.80 bits per heavy atom. The number of hydrogen-bond donors (Lipinski definition) is 1. The highest BCUT2D eigenvalue weighted by molar-refractivity contribution is 7.22. The number of aromatic nitrogens is 1. The number of rotatable bonds is 5. The van der Waals surface area contributed by atoms with Gasteiger partial charge in [0, 0.05) is 17.2 Å². The van der Waals surface area contributed by atoms with E-state index in [1.165, 1.54) is 24.3 Å². The molecule has 0 aliphatic carbocycles. The van der Waals surface area contributed by atoms with Gasteiger partial charge in [0.1, 0.15) is 5.75 Å². The van der Waals surface area contributed by atoms with Gasteiger partial charge in [0.15, 0.2) is 11.7 Å². The fourth-order valence-electron chi connectivity index (χ4n) is 1.97. The lowest BCUT2D eigenvalue weighted by Gasteiger charge is -2.07. The van der Waals surface area contributed by atoms with Crippen molar-refractivity contribution >= 4 is 61.5 Å². The van der Waals surface area contributed by atoms with Gasteiger partial charge >= 0.3 is 0 Å². The van der Waals surface area contributed by atoms with Gasteiger partial charge in [0.05, 0.1) is 20.2 Å². The molecule has 0 atom stereocenters. The third-order valence-corrected chi connectivity index (χ3v) is 4.55. The Bertz CT molecular complexity index is 977. The van der Waals surface area contributed by atoms with Gasteiger partial charge in [-0.1, -0.05) is 34.5 Å². The molecule has 1 N–H and O–H groups in total. The zero-order valence-corrected chi connectivity index (χ0v) is 14.7. The molecule has 0 unspecified atom stereocenters. The van der Waals surface area contributed by atoms with Crippen molar-refractivity contribution in [1.29, 1.82) is 0 Å². The summed E-state index contributed by atoms with van der Waals surface area (Å²) >= 11 is 12.9. The smallest absolute Gasteiger partial charge is 0.270 e. The van der Waals surface area contributed by atoms with Crippen LogP contribution in [-0.4, -0.2) is 22.4 Å². The van der Waals surface area contributed by atoms with E-state index in [1.54, 1.807) is 12.1 Å². The number of nitrogens with zero attached hydrogens (tertiary/aromatic N) is 2. The topological polar surface area (TPSA) is 94.4 Å². The van der Waals surface area contributed by atoms with Crippen LogP contribution in [0, 0.1) is 10.1 Å². The third-order valence-electron chi connectivity index (χ3n) is 3.08. The summed E-state index contributed by atoms with van der Waals surface area (Å²) in [4.78, 5) is 26.5. The van der Waals surface area contributed by atoms with Crippen LogP contribution in [0.4, 0.5) is 10.8 Å². The number of thiazole rings is 1. The van der Waals surface area contributed by atoms with E-state index in [0.717, 1.165) is 11.3 Å². The van der Waals surface area contributed by atoms with E-state index in [9.17, 15) is 14.9 Å². The predicted molar refractivity (Wildman–Crippen MR) is 96.9 cm³/mol. The number of nitro benzene ring substituents is 1. The van der Waals surface area contributed by atoms with E-state index in [4.69, 9.17) is 27.9 Å². The molecule has 3 aromatic rings. The minimum Gasteiger partial charge on any atom is -0.482 e. The Balaban J connectivity index is 1.66. The number of amides is 1. The van der Waals surface area contributed by atoms with E-state index < -0.39 is 10.8 Å². The molecule has 1 aromatic heterocycles. The Morgan fingerprint density at radius 2 is 2.08 bits per heavy atom. The maximum Gasteiger partial charge on any atom is 0.270 e. The zero-order valence-electron chi connectivity index (χ0n) is 12.4. The van der Waals surface area contributed by atoms with Crippen LogP contribution in [0.1, 0.15) is 0 Å². The quantitative estimate of drug-likeness (QED) is 0.503. The average molecular weight is 398 g/mol. The van der Waals surface area contributed by atoms with Crippen molar-refractivity contribution in [3.05, 3.63) is 56.6 Å². The number of carbonyl (C=O) groups excluding carboxylic acids is 1. The van der Waals surface area contributed by atoms with Crippen LogP contribution in [0.25, 0.3) is 10.2 Å². The molecule has 0 fully saturated rings. The summed E-state index contributed by atoms with van der Waals surface area (Å²) < 4.78 is 5.94. The number of halogens is 2. The van der Waals surface area contributed by atoms with Crippen LogP contribution in [0.5, 0.6) is 5.75 Å². The highest BCUT2D eigenvalue weighted by atomic mass is 35.5. The number of ether oxygens (including phenoxy) is 1. The largest absolute Gasteiger partial charge is 0.482 e. The van der Waals surface area contributed by atoms with Crippen LogP contribution in [0.3, 0.4) is 0 Å². The molecular weight excluding hydrogens is 389 g/mol. The van der Waals surface area contributed by atoms with Crippen molar-refractivity contribution < 1.29 is 14.5 Å². The Labute approximate surface area is 155 Å². The molecule has 1 amide bonds. The number of carbonyl (C=O) groups is 1. The maximum atomic E-state index is 12.0. The number of benzene rings is 2. The molecule has 0 radical (unpaired) electrons. The number of nitrogens with one attached hydrogen (secondary N) is 1. The molecule has 0 aliphatic heterocycles. The second kappa shape index (κ2) is 7.22. The molecule has 128 valence electrons. The van der Waals surface area contributed by atoms with Crippen molar-refractivity contribution in [2.24, 2.45) is 0 Å². The van der Waals surface area contributed by atoms with Crippen molar-refractivity contribution in [1.82, 2.24) is 4.98 Å². The molecule has 25 heavy (non-hydrogen) atoms. The van der Waals surface area contributed by atoms with Crippen molar-refractivity contribution in [3.63, 3.8) is 0 Å². The minimum absolute atomic E-state index is 0.0326. The second-order valence-corrected chi connectivity index (χ2v) is 6.71. The fraction of sp³-hybridized carbons (Fsp3) is 0.0667. The van der Waals surface area contributed by atoms with Crippen LogP contribution in [0.2, 0.25) is 10.0 Å². The summed E-state index contributed by atoms with van der Waals surface area (Å²) in [7, 11) is 0. The summed E-state index contributed by atoms with van der Waals surface area (Å²) in [6.45, 7) is -0.266. The highest BCUT2D eigenvalue weighted by Crippen LogP contribution is 2.30. The van der Waals surface area contributed by atoms with Gasteiger partial charge in [0.2, 0.25) is 0 Å². The molecule has 3 rings (SSSR count). The summed E-state index contributed by atoms with van der Waals surface area (Å²) in [6.07, 6.45) is 0. The third kappa shape index (κ3) is 4.16. The lowest BCUT2D eigenvalue weighted by atomic mass is 10.3. The molecule has 0 saturated carbocycles. The van der Waals surface area contributed by atoms with E-state index in [-0.39, 0.29) is 12.3 Å². The standard InChI is InChI=1S/C15H9Cl2N3O4S/c16-8-1-4-12(10(17)5-8)24-7-14(21)19-15-18-11-3-2-9(20(22)23)6-13(11)25-15/h1-6H,7H2,(H,18,19,21). The first-order valence-electron chi connectivity index (χ1n) is 6.85. The van der Waals surface area contributed by atoms with E-state index >= 15 is 0 Å². The Kier molecular flexibility index (Phi) is 5.03. The van der Waals surface area contributed by atoms with Gasteiger partial charge < -0.3 is 4.74 Å². The SMILES string of the molecule is O=C(COc1ccc(Cl)cc1Cl)Nc1nc2ccc([N+](=O)[O-])cc2s1. The highest BCUT2D eigenvalue weighted by Gasteiger charge is 2.13.